The highest BCUT2D eigenvalue weighted by Gasteiger charge is 2.22. The number of aromatic amines is 1. The number of hydrogen-bond donors (Lipinski definition) is 3. The predicted molar refractivity (Wildman–Crippen MR) is 80.0 cm³/mol. The first-order valence-electron chi connectivity index (χ1n) is 6.98. The highest BCUT2D eigenvalue weighted by atomic mass is 16.5. The van der Waals surface area contributed by atoms with Gasteiger partial charge in [0.2, 0.25) is 0 Å². The number of morpholine rings is 1. The monoisotopic (exact) mass is 286 g/mol. The van der Waals surface area contributed by atoms with E-state index < -0.39 is 6.10 Å². The van der Waals surface area contributed by atoms with Crippen molar-refractivity contribution in [3.05, 3.63) is 35.9 Å². The van der Waals surface area contributed by atoms with Crippen molar-refractivity contribution in [2.75, 3.05) is 25.0 Å². The number of ether oxygens (including phenoxy) is 1. The molecular formula is C15H18N4O2. The number of carbonyl (C=O) groups excluding carboxylic acids is 1. The molecular weight excluding hydrogens is 268 g/mol. The Morgan fingerprint density at radius 2 is 2.29 bits per heavy atom. The third-order valence-electron chi connectivity index (χ3n) is 3.48. The fraction of sp³-hybridized carbons (Fsp3) is 0.333. The summed E-state index contributed by atoms with van der Waals surface area (Å²) in [4.78, 5) is 12.1. The number of aromatic nitrogens is 2. The lowest BCUT2D eigenvalue weighted by Gasteiger charge is -2.22. The zero-order valence-corrected chi connectivity index (χ0v) is 11.8. The molecule has 21 heavy (non-hydrogen) atoms. The number of H-pyrrole nitrogens is 1. The molecule has 3 rings (SSSR count). The standard InChI is InChI=1S/C15H18N4O2/c1-10-4-2-3-5-11(10)12-8-14(19-18-12)17-15(20)13-9-16-6-7-21-13/h2-5,8,13,16H,6-7,9H2,1H3,(H2,17,18,19,20)/t13-/m1/s1. The van der Waals surface area contributed by atoms with Gasteiger partial charge in [-0.1, -0.05) is 24.3 Å². The van der Waals surface area contributed by atoms with Gasteiger partial charge in [0.15, 0.2) is 5.82 Å². The van der Waals surface area contributed by atoms with Crippen LogP contribution in [0.4, 0.5) is 5.82 Å². The van der Waals surface area contributed by atoms with Crippen LogP contribution in [0, 0.1) is 6.92 Å². The van der Waals surface area contributed by atoms with Gasteiger partial charge in [-0.05, 0) is 12.5 Å². The Morgan fingerprint density at radius 3 is 3.05 bits per heavy atom. The SMILES string of the molecule is Cc1ccccc1-c1cc(NC(=O)[C@H]2CNCCO2)n[nH]1. The Morgan fingerprint density at radius 1 is 1.43 bits per heavy atom. The van der Waals surface area contributed by atoms with Crippen LogP contribution in [0.2, 0.25) is 0 Å². The number of carbonyl (C=O) groups is 1. The highest BCUT2D eigenvalue weighted by molar-refractivity contribution is 5.94. The highest BCUT2D eigenvalue weighted by Crippen LogP contribution is 2.23. The molecule has 1 fully saturated rings. The molecule has 0 unspecified atom stereocenters. The molecule has 1 atom stereocenters. The fourth-order valence-electron chi connectivity index (χ4n) is 2.34. The summed E-state index contributed by atoms with van der Waals surface area (Å²) in [6.45, 7) is 3.90. The summed E-state index contributed by atoms with van der Waals surface area (Å²) >= 11 is 0. The zero-order valence-electron chi connectivity index (χ0n) is 11.8. The predicted octanol–water partition coefficient (Wildman–Crippen LogP) is 1.31. The van der Waals surface area contributed by atoms with Crippen LogP contribution in [0.25, 0.3) is 11.3 Å². The molecule has 1 saturated heterocycles. The van der Waals surface area contributed by atoms with Gasteiger partial charge in [0.05, 0.1) is 12.3 Å². The molecule has 3 N–H and O–H groups in total. The second-order valence-corrected chi connectivity index (χ2v) is 5.03. The lowest BCUT2D eigenvalue weighted by Crippen LogP contribution is -2.45. The van der Waals surface area contributed by atoms with Gasteiger partial charge in [0.25, 0.3) is 5.91 Å². The molecule has 0 aliphatic carbocycles. The molecule has 6 heteroatoms. The lowest BCUT2D eigenvalue weighted by molar-refractivity contribution is -0.128. The Labute approximate surface area is 122 Å². The van der Waals surface area contributed by atoms with Crippen LogP contribution in [0.3, 0.4) is 0 Å². The molecule has 1 aromatic heterocycles. The summed E-state index contributed by atoms with van der Waals surface area (Å²) in [5.74, 6) is 0.331. The molecule has 1 aliphatic rings. The van der Waals surface area contributed by atoms with Crippen molar-refractivity contribution in [3.8, 4) is 11.3 Å². The van der Waals surface area contributed by atoms with Crippen LogP contribution in [-0.2, 0) is 9.53 Å². The number of anilines is 1. The van der Waals surface area contributed by atoms with E-state index in [1.807, 2.05) is 37.3 Å². The molecule has 6 nitrogen and oxygen atoms in total. The van der Waals surface area contributed by atoms with Crippen LogP contribution in [0.1, 0.15) is 5.56 Å². The van der Waals surface area contributed by atoms with Crippen molar-refractivity contribution in [1.82, 2.24) is 15.5 Å². The van der Waals surface area contributed by atoms with Gasteiger partial charge in [0.1, 0.15) is 6.10 Å². The van der Waals surface area contributed by atoms with Crippen LogP contribution >= 0.6 is 0 Å². The van der Waals surface area contributed by atoms with E-state index in [1.165, 1.54) is 0 Å². The number of nitrogens with one attached hydrogen (secondary N) is 3. The van der Waals surface area contributed by atoms with Gasteiger partial charge in [-0.3, -0.25) is 9.89 Å². The summed E-state index contributed by atoms with van der Waals surface area (Å²) < 4.78 is 5.41. The Kier molecular flexibility index (Phi) is 3.98. The second kappa shape index (κ2) is 6.07. The van der Waals surface area contributed by atoms with Crippen molar-refractivity contribution in [3.63, 3.8) is 0 Å². The average molecular weight is 286 g/mol. The van der Waals surface area contributed by atoms with Crippen molar-refractivity contribution in [2.24, 2.45) is 0 Å². The van der Waals surface area contributed by atoms with Crippen molar-refractivity contribution < 1.29 is 9.53 Å². The maximum atomic E-state index is 12.1. The minimum absolute atomic E-state index is 0.176. The number of rotatable bonds is 3. The maximum Gasteiger partial charge on any atom is 0.256 e. The third-order valence-corrected chi connectivity index (χ3v) is 3.48. The Hall–Kier alpha value is -2.18. The van der Waals surface area contributed by atoms with Gasteiger partial charge in [-0.2, -0.15) is 5.10 Å². The molecule has 0 radical (unpaired) electrons. The number of amides is 1. The van der Waals surface area contributed by atoms with Crippen LogP contribution in [-0.4, -0.2) is 41.9 Å². The first kappa shape index (κ1) is 13.8. The van der Waals surface area contributed by atoms with E-state index in [2.05, 4.69) is 20.8 Å². The van der Waals surface area contributed by atoms with E-state index >= 15 is 0 Å². The van der Waals surface area contributed by atoms with Gasteiger partial charge in [-0.15, -0.1) is 0 Å². The first-order valence-corrected chi connectivity index (χ1v) is 6.98. The molecule has 1 aliphatic heterocycles. The molecule has 0 saturated carbocycles. The molecule has 1 aromatic carbocycles. The molecule has 1 amide bonds. The summed E-state index contributed by atoms with van der Waals surface area (Å²) in [7, 11) is 0. The average Bonchev–Trinajstić information content (AvgIpc) is 2.97. The smallest absolute Gasteiger partial charge is 0.256 e. The van der Waals surface area contributed by atoms with E-state index in [0.717, 1.165) is 23.4 Å². The fourth-order valence-corrected chi connectivity index (χ4v) is 2.34. The van der Waals surface area contributed by atoms with E-state index in [4.69, 9.17) is 4.74 Å². The van der Waals surface area contributed by atoms with Gasteiger partial charge in [-0.25, -0.2) is 0 Å². The number of benzene rings is 1. The van der Waals surface area contributed by atoms with Crippen LogP contribution in [0.15, 0.2) is 30.3 Å². The van der Waals surface area contributed by atoms with Gasteiger partial charge >= 0.3 is 0 Å². The quantitative estimate of drug-likeness (QED) is 0.795. The third kappa shape index (κ3) is 3.12. The molecule has 2 aromatic rings. The molecule has 0 bridgehead atoms. The van der Waals surface area contributed by atoms with Crippen molar-refractivity contribution >= 4 is 11.7 Å². The van der Waals surface area contributed by atoms with Gasteiger partial charge in [0, 0.05) is 24.7 Å². The van der Waals surface area contributed by atoms with E-state index in [1.54, 1.807) is 0 Å². The maximum absolute atomic E-state index is 12.1. The Balaban J connectivity index is 1.70. The largest absolute Gasteiger partial charge is 0.366 e. The normalized spacial score (nSPS) is 18.4. The molecule has 0 spiro atoms. The van der Waals surface area contributed by atoms with Crippen LogP contribution in [0.5, 0.6) is 0 Å². The van der Waals surface area contributed by atoms with E-state index in [-0.39, 0.29) is 5.91 Å². The first-order chi connectivity index (χ1) is 10.2. The van der Waals surface area contributed by atoms with Crippen molar-refractivity contribution in [1.29, 1.82) is 0 Å². The second-order valence-electron chi connectivity index (χ2n) is 5.03. The molecule has 2 heterocycles. The van der Waals surface area contributed by atoms with Crippen LogP contribution < -0.4 is 10.6 Å². The molecule has 110 valence electrons. The Bertz CT molecular complexity index is 632. The van der Waals surface area contributed by atoms with Crippen molar-refractivity contribution in [2.45, 2.75) is 13.0 Å². The van der Waals surface area contributed by atoms with Gasteiger partial charge < -0.3 is 15.4 Å². The summed E-state index contributed by atoms with van der Waals surface area (Å²) in [6.07, 6.45) is -0.461. The van der Waals surface area contributed by atoms with E-state index in [0.29, 0.717) is 19.0 Å². The summed E-state index contributed by atoms with van der Waals surface area (Å²) in [6, 6.07) is 9.85. The summed E-state index contributed by atoms with van der Waals surface area (Å²) in [5.41, 5.74) is 3.10. The number of hydrogen-bond acceptors (Lipinski definition) is 4. The lowest BCUT2D eigenvalue weighted by atomic mass is 10.1. The van der Waals surface area contributed by atoms with E-state index in [9.17, 15) is 4.79 Å². The zero-order chi connectivity index (χ0) is 14.7. The number of aryl methyl sites for hydroxylation is 1. The minimum Gasteiger partial charge on any atom is -0.366 e. The number of nitrogens with zero attached hydrogens (tertiary/aromatic N) is 1. The topological polar surface area (TPSA) is 79.0 Å². The summed E-state index contributed by atoms with van der Waals surface area (Å²) in [5, 5.41) is 13.0. The minimum atomic E-state index is -0.461.